The van der Waals surface area contributed by atoms with Crippen LogP contribution in [0.1, 0.15) is 15.9 Å². The monoisotopic (exact) mass is 306 g/mol. The summed E-state index contributed by atoms with van der Waals surface area (Å²) in [7, 11) is -2.39. The maximum Gasteiger partial charge on any atom is 0.337 e. The minimum Gasteiger partial charge on any atom is -0.465 e. The zero-order valence-corrected chi connectivity index (χ0v) is 12.1. The smallest absolute Gasteiger partial charge is 0.337 e. The molecule has 0 bridgehead atoms. The summed E-state index contributed by atoms with van der Waals surface area (Å²) in [5.74, 6) is -0.522. The maximum atomic E-state index is 12.4. The lowest BCUT2D eigenvalue weighted by molar-refractivity contribution is 0.0600. The van der Waals surface area contributed by atoms with E-state index < -0.39 is 15.8 Å². The van der Waals surface area contributed by atoms with Crippen LogP contribution in [0, 0.1) is 0 Å². The van der Waals surface area contributed by atoms with Gasteiger partial charge in [0, 0.05) is 0 Å². The number of esters is 1. The first kappa shape index (κ1) is 15.2. The Morgan fingerprint density at radius 3 is 1.90 bits per heavy atom. The fourth-order valence-electron chi connectivity index (χ4n) is 1.80. The van der Waals surface area contributed by atoms with Gasteiger partial charge in [-0.05, 0) is 42.0 Å². The Kier molecular flexibility index (Phi) is 4.40. The summed E-state index contributed by atoms with van der Waals surface area (Å²) in [5, 5.41) is 8.96. The molecule has 0 aromatic heterocycles. The van der Waals surface area contributed by atoms with Crippen molar-refractivity contribution in [1.82, 2.24) is 0 Å². The Morgan fingerprint density at radius 2 is 1.48 bits per heavy atom. The highest BCUT2D eigenvalue weighted by atomic mass is 32.2. The molecule has 0 fully saturated rings. The van der Waals surface area contributed by atoms with Crippen molar-refractivity contribution in [1.29, 1.82) is 0 Å². The molecule has 0 radical (unpaired) electrons. The molecule has 6 heteroatoms. The number of rotatable bonds is 4. The molecule has 0 saturated carbocycles. The average Bonchev–Trinajstić information content (AvgIpc) is 2.54. The summed E-state index contributed by atoms with van der Waals surface area (Å²) in [5.41, 5.74) is 0.919. The number of hydrogen-bond acceptors (Lipinski definition) is 5. The highest BCUT2D eigenvalue weighted by molar-refractivity contribution is 7.91. The van der Waals surface area contributed by atoms with Crippen molar-refractivity contribution in [3.63, 3.8) is 0 Å². The molecule has 0 saturated heterocycles. The van der Waals surface area contributed by atoms with Crippen molar-refractivity contribution < 1.29 is 23.1 Å². The van der Waals surface area contributed by atoms with Crippen LogP contribution < -0.4 is 0 Å². The third kappa shape index (κ3) is 3.12. The van der Waals surface area contributed by atoms with E-state index in [1.165, 1.54) is 43.5 Å². The van der Waals surface area contributed by atoms with E-state index in [0.717, 1.165) is 0 Å². The van der Waals surface area contributed by atoms with E-state index in [1.807, 2.05) is 0 Å². The van der Waals surface area contributed by atoms with Gasteiger partial charge in [-0.3, -0.25) is 0 Å². The Hall–Kier alpha value is -2.18. The number of ether oxygens (including phenoxy) is 1. The molecule has 0 heterocycles. The molecule has 0 aliphatic rings. The molecule has 0 spiro atoms. The zero-order valence-electron chi connectivity index (χ0n) is 11.3. The molecule has 0 aliphatic carbocycles. The van der Waals surface area contributed by atoms with Crippen molar-refractivity contribution in [2.75, 3.05) is 7.11 Å². The summed E-state index contributed by atoms with van der Waals surface area (Å²) in [4.78, 5) is 11.5. The summed E-state index contributed by atoms with van der Waals surface area (Å²) >= 11 is 0. The van der Waals surface area contributed by atoms with E-state index in [-0.39, 0.29) is 22.0 Å². The third-order valence-corrected chi connectivity index (χ3v) is 4.79. The number of aliphatic hydroxyl groups excluding tert-OH is 1. The predicted octanol–water partition coefficient (Wildman–Crippen LogP) is 1.80. The lowest BCUT2D eigenvalue weighted by Gasteiger charge is -2.06. The number of carbonyl (C=O) groups excluding carboxylic acids is 1. The normalized spacial score (nSPS) is 11.1. The molecule has 2 aromatic rings. The maximum absolute atomic E-state index is 12.4. The molecule has 0 atom stereocenters. The summed E-state index contributed by atoms with van der Waals surface area (Å²) in [6, 6.07) is 11.5. The number of hydrogen-bond donors (Lipinski definition) is 1. The first-order valence-corrected chi connectivity index (χ1v) is 7.60. The van der Waals surface area contributed by atoms with Crippen molar-refractivity contribution in [3.8, 4) is 0 Å². The summed E-state index contributed by atoms with van der Waals surface area (Å²) < 4.78 is 29.4. The molecular weight excluding hydrogens is 292 g/mol. The first-order chi connectivity index (χ1) is 9.98. The molecule has 1 N–H and O–H groups in total. The second-order valence-corrected chi connectivity index (χ2v) is 6.27. The molecule has 21 heavy (non-hydrogen) atoms. The van der Waals surface area contributed by atoms with E-state index in [0.29, 0.717) is 5.56 Å². The molecular formula is C15H14O5S. The van der Waals surface area contributed by atoms with Crippen LogP contribution >= 0.6 is 0 Å². The Balaban J connectivity index is 2.36. The van der Waals surface area contributed by atoms with E-state index in [4.69, 9.17) is 5.11 Å². The largest absolute Gasteiger partial charge is 0.465 e. The molecule has 0 unspecified atom stereocenters. The topological polar surface area (TPSA) is 80.7 Å². The molecule has 0 aliphatic heterocycles. The van der Waals surface area contributed by atoms with Gasteiger partial charge in [0.05, 0.1) is 29.1 Å². The summed E-state index contributed by atoms with van der Waals surface area (Å²) in [6.45, 7) is -0.145. The first-order valence-electron chi connectivity index (χ1n) is 6.12. The highest BCUT2D eigenvalue weighted by Crippen LogP contribution is 2.21. The lowest BCUT2D eigenvalue weighted by Crippen LogP contribution is -2.04. The van der Waals surface area contributed by atoms with Crippen LogP contribution in [0.5, 0.6) is 0 Å². The van der Waals surface area contributed by atoms with E-state index in [1.54, 1.807) is 12.1 Å². The van der Waals surface area contributed by atoms with Gasteiger partial charge < -0.3 is 9.84 Å². The Labute approximate surface area is 122 Å². The van der Waals surface area contributed by atoms with Crippen LogP contribution in [0.15, 0.2) is 58.3 Å². The predicted molar refractivity (Wildman–Crippen MR) is 75.6 cm³/mol. The zero-order chi connectivity index (χ0) is 15.5. The van der Waals surface area contributed by atoms with Gasteiger partial charge in [-0.2, -0.15) is 0 Å². The number of benzene rings is 2. The minimum absolute atomic E-state index is 0.0897. The van der Waals surface area contributed by atoms with Crippen LogP contribution in [0.2, 0.25) is 0 Å². The fourth-order valence-corrected chi connectivity index (χ4v) is 3.06. The van der Waals surface area contributed by atoms with Crippen LogP contribution in [0.3, 0.4) is 0 Å². The molecule has 2 rings (SSSR count). The van der Waals surface area contributed by atoms with Gasteiger partial charge in [0.2, 0.25) is 9.84 Å². The molecule has 5 nitrogen and oxygen atoms in total. The molecule has 0 amide bonds. The van der Waals surface area contributed by atoms with E-state index in [2.05, 4.69) is 4.74 Å². The number of aliphatic hydroxyl groups is 1. The van der Waals surface area contributed by atoms with Crippen LogP contribution in [-0.2, 0) is 21.2 Å². The standard InChI is InChI=1S/C15H14O5S/c1-20-15(17)12-4-8-14(9-5-12)21(18,19)13-6-2-11(10-16)3-7-13/h2-9,16H,10H2,1H3. The van der Waals surface area contributed by atoms with Gasteiger partial charge in [-0.15, -0.1) is 0 Å². The van der Waals surface area contributed by atoms with Gasteiger partial charge in [-0.25, -0.2) is 13.2 Å². The van der Waals surface area contributed by atoms with E-state index in [9.17, 15) is 13.2 Å². The van der Waals surface area contributed by atoms with Crippen LogP contribution in [0.4, 0.5) is 0 Å². The number of carbonyl (C=O) groups is 1. The molecule has 2 aromatic carbocycles. The third-order valence-electron chi connectivity index (χ3n) is 3.00. The highest BCUT2D eigenvalue weighted by Gasteiger charge is 2.18. The second kappa shape index (κ2) is 6.07. The van der Waals surface area contributed by atoms with Crippen LogP contribution in [0.25, 0.3) is 0 Å². The van der Waals surface area contributed by atoms with Crippen LogP contribution in [-0.4, -0.2) is 26.6 Å². The van der Waals surface area contributed by atoms with Crippen molar-refractivity contribution in [2.24, 2.45) is 0 Å². The van der Waals surface area contributed by atoms with Crippen molar-refractivity contribution in [2.45, 2.75) is 16.4 Å². The minimum atomic E-state index is -3.65. The van der Waals surface area contributed by atoms with Gasteiger partial charge in [-0.1, -0.05) is 12.1 Å². The number of methoxy groups -OCH3 is 1. The quantitative estimate of drug-likeness (QED) is 0.871. The average molecular weight is 306 g/mol. The Bertz CT molecular complexity index is 731. The summed E-state index contributed by atoms with van der Waals surface area (Å²) in [6.07, 6.45) is 0. The second-order valence-electron chi connectivity index (χ2n) is 4.32. The van der Waals surface area contributed by atoms with Gasteiger partial charge >= 0.3 is 5.97 Å². The van der Waals surface area contributed by atoms with Crippen molar-refractivity contribution >= 4 is 15.8 Å². The molecule has 110 valence electrons. The lowest BCUT2D eigenvalue weighted by atomic mass is 10.2. The van der Waals surface area contributed by atoms with Gasteiger partial charge in [0.1, 0.15) is 0 Å². The van der Waals surface area contributed by atoms with Crippen molar-refractivity contribution in [3.05, 3.63) is 59.7 Å². The van der Waals surface area contributed by atoms with Gasteiger partial charge in [0.15, 0.2) is 0 Å². The fraction of sp³-hybridized carbons (Fsp3) is 0.133. The number of sulfone groups is 1. The SMILES string of the molecule is COC(=O)c1ccc(S(=O)(=O)c2ccc(CO)cc2)cc1. The van der Waals surface area contributed by atoms with Gasteiger partial charge in [0.25, 0.3) is 0 Å². The Morgan fingerprint density at radius 1 is 1.00 bits per heavy atom. The van der Waals surface area contributed by atoms with E-state index >= 15 is 0 Å².